The molecule has 0 aliphatic rings. The minimum Gasteiger partial charge on any atom is -0.363 e. The number of hydrogen-bond acceptors (Lipinski definition) is 1. The number of hydrogen-bond donors (Lipinski definition) is 0. The third-order valence-corrected chi connectivity index (χ3v) is 2.29. The normalized spacial score (nSPS) is 10.7. The van der Waals surface area contributed by atoms with Crippen molar-refractivity contribution in [2.45, 2.75) is 25.9 Å². The van der Waals surface area contributed by atoms with Gasteiger partial charge in [-0.15, -0.1) is 11.6 Å². The van der Waals surface area contributed by atoms with Crippen LogP contribution in [0.25, 0.3) is 0 Å². The molecule has 0 unspecified atom stereocenters. The highest BCUT2D eigenvalue weighted by atomic mass is 35.5. The molecule has 0 atom stereocenters. The first kappa shape index (κ1) is 13.1. The van der Waals surface area contributed by atoms with Gasteiger partial charge < -0.3 is 4.74 Å². The van der Waals surface area contributed by atoms with Crippen molar-refractivity contribution in [3.63, 3.8) is 0 Å². The lowest BCUT2D eigenvalue weighted by atomic mass is 10.1. The summed E-state index contributed by atoms with van der Waals surface area (Å²) in [5.41, 5.74) is 0.596. The van der Waals surface area contributed by atoms with E-state index >= 15 is 0 Å². The zero-order chi connectivity index (χ0) is 11.9. The summed E-state index contributed by atoms with van der Waals surface area (Å²) >= 11 is 5.59. The lowest BCUT2D eigenvalue weighted by Gasteiger charge is -2.18. The second kappa shape index (κ2) is 6.58. The van der Waals surface area contributed by atoms with Crippen LogP contribution in [0, 0.1) is 11.8 Å². The minimum absolute atomic E-state index is 0.415. The van der Waals surface area contributed by atoms with E-state index in [0.717, 1.165) is 12.0 Å². The topological polar surface area (TPSA) is 9.23 Å². The maximum Gasteiger partial charge on any atom is 0.123 e. The zero-order valence-electron chi connectivity index (χ0n) is 9.79. The van der Waals surface area contributed by atoms with Crippen molar-refractivity contribution in [2.24, 2.45) is 0 Å². The van der Waals surface area contributed by atoms with Crippen molar-refractivity contribution in [3.05, 3.63) is 35.9 Å². The van der Waals surface area contributed by atoms with Crippen LogP contribution in [0.3, 0.4) is 0 Å². The van der Waals surface area contributed by atoms with Gasteiger partial charge in [0.2, 0.25) is 0 Å². The van der Waals surface area contributed by atoms with E-state index in [2.05, 4.69) is 11.8 Å². The van der Waals surface area contributed by atoms with E-state index in [1.54, 1.807) is 0 Å². The summed E-state index contributed by atoms with van der Waals surface area (Å²) in [7, 11) is 0. The highest BCUT2D eigenvalue weighted by Gasteiger charge is 2.13. The third-order valence-electron chi connectivity index (χ3n) is 2.02. The van der Waals surface area contributed by atoms with Crippen molar-refractivity contribution in [1.29, 1.82) is 0 Å². The lowest BCUT2D eigenvalue weighted by molar-refractivity contribution is 0.0278. The van der Waals surface area contributed by atoms with Gasteiger partial charge >= 0.3 is 0 Å². The largest absolute Gasteiger partial charge is 0.363 e. The summed E-state index contributed by atoms with van der Waals surface area (Å²) in [6.45, 7) is 4.59. The van der Waals surface area contributed by atoms with E-state index in [-0.39, 0.29) is 0 Å². The quantitative estimate of drug-likeness (QED) is 0.442. The van der Waals surface area contributed by atoms with Gasteiger partial charge in [-0.2, -0.15) is 0 Å². The van der Waals surface area contributed by atoms with Crippen LogP contribution in [0.2, 0.25) is 0 Å². The zero-order valence-corrected chi connectivity index (χ0v) is 10.6. The molecule has 1 rings (SSSR count). The number of rotatable bonds is 4. The third kappa shape index (κ3) is 5.21. The second-order valence-corrected chi connectivity index (χ2v) is 4.40. The molecule has 0 bridgehead atoms. The molecule has 86 valence electrons. The van der Waals surface area contributed by atoms with Gasteiger partial charge in [-0.05, 0) is 32.4 Å². The molecular formula is C14H17ClO. The molecule has 0 aliphatic heterocycles. The molecule has 0 radical (unpaired) electrons. The van der Waals surface area contributed by atoms with Crippen molar-refractivity contribution >= 4 is 11.6 Å². The summed E-state index contributed by atoms with van der Waals surface area (Å²) in [5, 5.41) is 0. The predicted molar refractivity (Wildman–Crippen MR) is 68.7 cm³/mol. The van der Waals surface area contributed by atoms with Crippen molar-refractivity contribution in [3.8, 4) is 11.8 Å². The Morgan fingerprint density at radius 2 is 1.94 bits per heavy atom. The Hall–Kier alpha value is -0.970. The van der Waals surface area contributed by atoms with Crippen LogP contribution in [-0.2, 0) is 4.74 Å². The second-order valence-electron chi connectivity index (χ2n) is 4.02. The average molecular weight is 237 g/mol. The summed E-state index contributed by atoms with van der Waals surface area (Å²) < 4.78 is 5.63. The molecule has 0 heterocycles. The van der Waals surface area contributed by atoms with E-state index < -0.39 is 5.60 Å². The molecule has 0 saturated carbocycles. The van der Waals surface area contributed by atoms with Gasteiger partial charge in [0.15, 0.2) is 0 Å². The van der Waals surface area contributed by atoms with Crippen molar-refractivity contribution < 1.29 is 4.74 Å². The smallest absolute Gasteiger partial charge is 0.123 e. The molecule has 0 saturated heterocycles. The van der Waals surface area contributed by atoms with Gasteiger partial charge in [-0.1, -0.05) is 30.0 Å². The highest BCUT2D eigenvalue weighted by Crippen LogP contribution is 2.08. The van der Waals surface area contributed by atoms with Gasteiger partial charge in [0, 0.05) is 18.1 Å². The number of ether oxygens (including phenoxy) is 1. The first-order valence-electron chi connectivity index (χ1n) is 5.42. The molecule has 1 aromatic carbocycles. The molecule has 0 spiro atoms. The number of benzene rings is 1. The summed E-state index contributed by atoms with van der Waals surface area (Å²) in [4.78, 5) is 0. The average Bonchev–Trinajstić information content (AvgIpc) is 2.28. The molecular weight excluding hydrogens is 220 g/mol. The predicted octanol–water partition coefficient (Wildman–Crippen LogP) is 3.46. The molecule has 0 fully saturated rings. The van der Waals surface area contributed by atoms with Gasteiger partial charge in [0.25, 0.3) is 0 Å². The van der Waals surface area contributed by atoms with Gasteiger partial charge in [-0.3, -0.25) is 0 Å². The summed E-state index contributed by atoms with van der Waals surface area (Å²) in [6, 6.07) is 9.91. The monoisotopic (exact) mass is 236 g/mol. The molecule has 16 heavy (non-hydrogen) atoms. The van der Waals surface area contributed by atoms with E-state index in [0.29, 0.717) is 12.5 Å². The Bertz CT molecular complexity index is 359. The fraction of sp³-hybridized carbons (Fsp3) is 0.429. The van der Waals surface area contributed by atoms with E-state index in [9.17, 15) is 0 Å². The standard InChI is InChI=1S/C14H17ClO/c1-14(2,16-12-6-11-15)10-9-13-7-4-3-5-8-13/h3-5,7-8H,6,11-12H2,1-2H3. The summed E-state index contributed by atoms with van der Waals surface area (Å²) in [5.74, 6) is 6.85. The van der Waals surface area contributed by atoms with Crippen LogP contribution in [-0.4, -0.2) is 18.1 Å². The molecule has 2 heteroatoms. The first-order chi connectivity index (χ1) is 7.64. The fourth-order valence-electron chi connectivity index (χ4n) is 1.16. The van der Waals surface area contributed by atoms with Crippen LogP contribution in [0.5, 0.6) is 0 Å². The maximum atomic E-state index is 5.63. The van der Waals surface area contributed by atoms with Gasteiger partial charge in [-0.25, -0.2) is 0 Å². The van der Waals surface area contributed by atoms with Gasteiger partial charge in [0.1, 0.15) is 5.60 Å². The minimum atomic E-state index is -0.415. The van der Waals surface area contributed by atoms with E-state index in [4.69, 9.17) is 16.3 Å². The van der Waals surface area contributed by atoms with Crippen molar-refractivity contribution in [1.82, 2.24) is 0 Å². The number of halogens is 1. The molecule has 0 N–H and O–H groups in total. The van der Waals surface area contributed by atoms with Crippen molar-refractivity contribution in [2.75, 3.05) is 12.5 Å². The van der Waals surface area contributed by atoms with E-state index in [1.165, 1.54) is 0 Å². The Labute approximate surface area is 103 Å². The molecule has 0 amide bonds. The SMILES string of the molecule is CC(C)(C#Cc1ccccc1)OCCCCl. The Kier molecular flexibility index (Phi) is 5.38. The Morgan fingerprint density at radius 3 is 2.56 bits per heavy atom. The lowest BCUT2D eigenvalue weighted by Crippen LogP contribution is -2.22. The number of alkyl halides is 1. The van der Waals surface area contributed by atoms with Gasteiger partial charge in [0.05, 0.1) is 0 Å². The molecule has 1 aromatic rings. The van der Waals surface area contributed by atoms with E-state index in [1.807, 2.05) is 44.2 Å². The Morgan fingerprint density at radius 1 is 1.25 bits per heavy atom. The van der Waals surface area contributed by atoms with Crippen LogP contribution in [0.4, 0.5) is 0 Å². The molecule has 1 nitrogen and oxygen atoms in total. The first-order valence-corrected chi connectivity index (χ1v) is 5.96. The molecule has 0 aromatic heterocycles. The summed E-state index contributed by atoms with van der Waals surface area (Å²) in [6.07, 6.45) is 0.859. The Balaban J connectivity index is 2.55. The van der Waals surface area contributed by atoms with Crippen LogP contribution in [0.1, 0.15) is 25.8 Å². The van der Waals surface area contributed by atoms with Crippen LogP contribution in [0.15, 0.2) is 30.3 Å². The van der Waals surface area contributed by atoms with Crippen LogP contribution < -0.4 is 0 Å². The maximum absolute atomic E-state index is 5.63. The fourth-order valence-corrected chi connectivity index (χ4v) is 1.27. The molecule has 0 aliphatic carbocycles. The van der Waals surface area contributed by atoms with Crippen LogP contribution >= 0.6 is 11.6 Å². The highest BCUT2D eigenvalue weighted by molar-refractivity contribution is 6.17.